The second-order valence-electron chi connectivity index (χ2n) is 6.15. The van der Waals surface area contributed by atoms with Crippen LogP contribution in [0.4, 0.5) is 5.69 Å². The number of benzene rings is 1. The van der Waals surface area contributed by atoms with Crippen LogP contribution < -0.4 is 5.73 Å². The van der Waals surface area contributed by atoms with Gasteiger partial charge >= 0.3 is 0 Å². The van der Waals surface area contributed by atoms with Crippen LogP contribution in [0.2, 0.25) is 0 Å². The molecule has 0 heterocycles. The number of hydrogen-bond donors (Lipinski definition) is 1. The van der Waals surface area contributed by atoms with Gasteiger partial charge in [-0.15, -0.1) is 0 Å². The van der Waals surface area contributed by atoms with Gasteiger partial charge in [0.1, 0.15) is 0 Å². The minimum Gasteiger partial charge on any atom is -0.399 e. The third-order valence-corrected chi connectivity index (χ3v) is 3.73. The summed E-state index contributed by atoms with van der Waals surface area (Å²) in [6.45, 7) is 4.63. The Morgan fingerprint density at radius 2 is 1.32 bits per heavy atom. The number of nitrogen functional groups attached to an aromatic ring is 1. The molecular weight excluding hydrogens is 230 g/mol. The first-order valence-corrected chi connectivity index (χ1v) is 8.03. The van der Waals surface area contributed by atoms with Gasteiger partial charge in [0.25, 0.3) is 0 Å². The molecule has 19 heavy (non-hydrogen) atoms. The van der Waals surface area contributed by atoms with Gasteiger partial charge in [-0.25, -0.2) is 0 Å². The standard InChI is InChI=1S/C18H31N/c1-16(2)10-8-6-4-3-5-7-9-11-17-12-14-18(19)15-13-17/h12-16H,3-11,19H2,1-2H3. The van der Waals surface area contributed by atoms with E-state index in [0.717, 1.165) is 11.6 Å². The molecule has 1 aromatic rings. The second kappa shape index (κ2) is 9.89. The minimum absolute atomic E-state index is 0.866. The molecule has 0 aliphatic carbocycles. The predicted octanol–water partition coefficient (Wildman–Crippen LogP) is 5.59. The Bertz CT molecular complexity index is 313. The van der Waals surface area contributed by atoms with Crippen molar-refractivity contribution >= 4 is 5.69 Å². The summed E-state index contributed by atoms with van der Waals surface area (Å²) >= 11 is 0. The molecule has 0 aliphatic heterocycles. The highest BCUT2D eigenvalue weighted by Crippen LogP contribution is 2.14. The molecule has 0 radical (unpaired) electrons. The van der Waals surface area contributed by atoms with Gasteiger partial charge in [0.2, 0.25) is 0 Å². The molecule has 0 saturated heterocycles. The lowest BCUT2D eigenvalue weighted by atomic mass is 10.0. The number of rotatable bonds is 10. The zero-order valence-corrected chi connectivity index (χ0v) is 12.8. The molecular formula is C18H31N. The molecule has 1 aromatic carbocycles. The fraction of sp³-hybridized carbons (Fsp3) is 0.667. The highest BCUT2D eigenvalue weighted by molar-refractivity contribution is 5.39. The summed E-state index contributed by atoms with van der Waals surface area (Å²) in [5.41, 5.74) is 7.97. The topological polar surface area (TPSA) is 26.0 Å². The Kier molecular flexibility index (Phi) is 8.36. The maximum absolute atomic E-state index is 5.68. The van der Waals surface area contributed by atoms with Crippen LogP contribution >= 0.6 is 0 Å². The highest BCUT2D eigenvalue weighted by atomic mass is 14.5. The Balaban J connectivity index is 1.90. The van der Waals surface area contributed by atoms with Crippen LogP contribution in [0.25, 0.3) is 0 Å². The van der Waals surface area contributed by atoms with Crippen LogP contribution in [-0.4, -0.2) is 0 Å². The average Bonchev–Trinajstić information content (AvgIpc) is 2.38. The minimum atomic E-state index is 0.866. The highest BCUT2D eigenvalue weighted by Gasteiger charge is 1.96. The van der Waals surface area contributed by atoms with Gasteiger partial charge in [0, 0.05) is 5.69 Å². The largest absolute Gasteiger partial charge is 0.399 e. The molecule has 1 heteroatoms. The van der Waals surface area contributed by atoms with Crippen molar-refractivity contribution in [2.24, 2.45) is 5.92 Å². The van der Waals surface area contributed by atoms with E-state index in [9.17, 15) is 0 Å². The molecule has 0 saturated carbocycles. The van der Waals surface area contributed by atoms with Crippen LogP contribution in [-0.2, 0) is 6.42 Å². The maximum atomic E-state index is 5.68. The molecule has 0 atom stereocenters. The first kappa shape index (κ1) is 16.1. The molecule has 0 aliphatic rings. The smallest absolute Gasteiger partial charge is 0.0314 e. The molecule has 0 amide bonds. The molecule has 0 spiro atoms. The normalized spacial score (nSPS) is 11.1. The number of anilines is 1. The van der Waals surface area contributed by atoms with E-state index in [1.54, 1.807) is 0 Å². The van der Waals surface area contributed by atoms with Crippen molar-refractivity contribution in [1.82, 2.24) is 0 Å². The first-order valence-electron chi connectivity index (χ1n) is 8.03. The summed E-state index contributed by atoms with van der Waals surface area (Å²) < 4.78 is 0. The lowest BCUT2D eigenvalue weighted by molar-refractivity contribution is 0.509. The van der Waals surface area contributed by atoms with Crippen molar-refractivity contribution in [2.45, 2.75) is 71.6 Å². The molecule has 2 N–H and O–H groups in total. The quantitative estimate of drug-likeness (QED) is 0.431. The molecule has 0 aromatic heterocycles. The zero-order valence-electron chi connectivity index (χ0n) is 12.8. The van der Waals surface area contributed by atoms with Crippen LogP contribution in [0, 0.1) is 5.92 Å². The Labute approximate surface area is 119 Å². The summed E-state index contributed by atoms with van der Waals surface area (Å²) in [5, 5.41) is 0. The van der Waals surface area contributed by atoms with Gasteiger partial charge in [-0.1, -0.05) is 70.9 Å². The Morgan fingerprint density at radius 1 is 0.789 bits per heavy atom. The van der Waals surface area contributed by atoms with Crippen LogP contribution in [0.1, 0.15) is 70.8 Å². The van der Waals surface area contributed by atoms with Crippen LogP contribution in [0.3, 0.4) is 0 Å². The van der Waals surface area contributed by atoms with E-state index in [2.05, 4.69) is 26.0 Å². The van der Waals surface area contributed by atoms with Crippen molar-refractivity contribution < 1.29 is 0 Å². The lowest BCUT2D eigenvalue weighted by Crippen LogP contribution is -1.89. The molecule has 0 fully saturated rings. The monoisotopic (exact) mass is 261 g/mol. The van der Waals surface area contributed by atoms with Crippen molar-refractivity contribution in [3.05, 3.63) is 29.8 Å². The van der Waals surface area contributed by atoms with E-state index < -0.39 is 0 Å². The van der Waals surface area contributed by atoms with Crippen molar-refractivity contribution in [3.63, 3.8) is 0 Å². The van der Waals surface area contributed by atoms with Crippen LogP contribution in [0.5, 0.6) is 0 Å². The van der Waals surface area contributed by atoms with E-state index >= 15 is 0 Å². The third kappa shape index (κ3) is 8.69. The Hall–Kier alpha value is -0.980. The molecule has 0 unspecified atom stereocenters. The van der Waals surface area contributed by atoms with Gasteiger partial charge in [-0.3, -0.25) is 0 Å². The summed E-state index contributed by atoms with van der Waals surface area (Å²) in [4.78, 5) is 0. The van der Waals surface area contributed by atoms with E-state index in [-0.39, 0.29) is 0 Å². The van der Waals surface area contributed by atoms with Gasteiger partial charge < -0.3 is 5.73 Å². The van der Waals surface area contributed by atoms with E-state index in [4.69, 9.17) is 5.73 Å². The van der Waals surface area contributed by atoms with Gasteiger partial charge in [0.15, 0.2) is 0 Å². The van der Waals surface area contributed by atoms with Crippen molar-refractivity contribution in [1.29, 1.82) is 0 Å². The summed E-state index contributed by atoms with van der Waals surface area (Å²) in [6, 6.07) is 8.32. The van der Waals surface area contributed by atoms with Gasteiger partial charge in [0.05, 0.1) is 0 Å². The third-order valence-electron chi connectivity index (χ3n) is 3.73. The molecule has 1 nitrogen and oxygen atoms in total. The SMILES string of the molecule is CC(C)CCCCCCCCCc1ccc(N)cc1. The van der Waals surface area contributed by atoms with E-state index in [0.29, 0.717) is 0 Å². The summed E-state index contributed by atoms with van der Waals surface area (Å²) in [6.07, 6.45) is 12.4. The predicted molar refractivity (Wildman–Crippen MR) is 86.3 cm³/mol. The molecule has 108 valence electrons. The average molecular weight is 261 g/mol. The fourth-order valence-corrected chi connectivity index (χ4v) is 2.45. The number of hydrogen-bond acceptors (Lipinski definition) is 1. The van der Waals surface area contributed by atoms with Crippen LogP contribution in [0.15, 0.2) is 24.3 Å². The number of unbranched alkanes of at least 4 members (excludes halogenated alkanes) is 6. The summed E-state index contributed by atoms with van der Waals surface area (Å²) in [5.74, 6) is 0.875. The fourth-order valence-electron chi connectivity index (χ4n) is 2.45. The Morgan fingerprint density at radius 3 is 1.89 bits per heavy atom. The van der Waals surface area contributed by atoms with Gasteiger partial charge in [-0.2, -0.15) is 0 Å². The van der Waals surface area contributed by atoms with Crippen molar-refractivity contribution in [3.8, 4) is 0 Å². The maximum Gasteiger partial charge on any atom is 0.0314 e. The number of nitrogens with two attached hydrogens (primary N) is 1. The lowest BCUT2D eigenvalue weighted by Gasteiger charge is -2.05. The van der Waals surface area contributed by atoms with Crippen molar-refractivity contribution in [2.75, 3.05) is 5.73 Å². The van der Waals surface area contributed by atoms with E-state index in [1.807, 2.05) is 12.1 Å². The molecule has 1 rings (SSSR count). The van der Waals surface area contributed by atoms with Gasteiger partial charge in [-0.05, 0) is 36.5 Å². The first-order chi connectivity index (χ1) is 9.18. The zero-order chi connectivity index (χ0) is 13.9. The second-order valence-corrected chi connectivity index (χ2v) is 6.15. The summed E-state index contributed by atoms with van der Waals surface area (Å²) in [7, 11) is 0. The number of aryl methyl sites for hydroxylation is 1. The molecule has 0 bridgehead atoms. The van der Waals surface area contributed by atoms with E-state index in [1.165, 1.54) is 63.4 Å².